The lowest BCUT2D eigenvalue weighted by Crippen LogP contribution is -2.12. The number of rotatable bonds is 2. The summed E-state index contributed by atoms with van der Waals surface area (Å²) in [7, 11) is 0. The molecule has 0 saturated heterocycles. The predicted molar refractivity (Wildman–Crippen MR) is 56.5 cm³/mol. The molecule has 0 unspecified atom stereocenters. The van der Waals surface area contributed by atoms with Crippen molar-refractivity contribution < 1.29 is 22.0 Å². The van der Waals surface area contributed by atoms with Crippen molar-refractivity contribution >= 4 is 34.2 Å². The van der Waals surface area contributed by atoms with Crippen LogP contribution in [0.1, 0.15) is 23.4 Å². The number of aromatic nitrogens is 1. The summed E-state index contributed by atoms with van der Waals surface area (Å²) in [6.45, 7) is 0. The molecule has 0 fully saturated rings. The molecule has 90 valence electrons. The van der Waals surface area contributed by atoms with Gasteiger partial charge in [0.1, 0.15) is 5.69 Å². The van der Waals surface area contributed by atoms with Gasteiger partial charge in [0.25, 0.3) is 6.43 Å². The quantitative estimate of drug-likeness (QED) is 0.427. The van der Waals surface area contributed by atoms with E-state index in [0.29, 0.717) is 6.07 Å². The van der Waals surface area contributed by atoms with Crippen LogP contribution in [0.5, 0.6) is 0 Å². The largest absolute Gasteiger partial charge is 0.418 e. The van der Waals surface area contributed by atoms with Gasteiger partial charge in [-0.3, -0.25) is 0 Å². The first-order valence-corrected chi connectivity index (χ1v) is 5.49. The zero-order valence-electron chi connectivity index (χ0n) is 7.45. The van der Waals surface area contributed by atoms with Crippen molar-refractivity contribution in [2.24, 2.45) is 0 Å². The van der Waals surface area contributed by atoms with Gasteiger partial charge in [-0.2, -0.15) is 13.2 Å². The Bertz CT molecular complexity index is 393. The molecule has 1 aromatic rings. The van der Waals surface area contributed by atoms with E-state index in [4.69, 9.17) is 11.6 Å². The van der Waals surface area contributed by atoms with Crippen LogP contribution in [0, 0.1) is 3.57 Å². The van der Waals surface area contributed by atoms with Crippen LogP contribution in [-0.2, 0) is 12.1 Å². The molecule has 0 aliphatic carbocycles. The Balaban J connectivity index is 3.38. The molecular weight excluding hydrogens is 367 g/mol. The fraction of sp³-hybridized carbons (Fsp3) is 0.375. The zero-order valence-corrected chi connectivity index (χ0v) is 10.4. The molecule has 8 heteroatoms. The van der Waals surface area contributed by atoms with Crippen LogP contribution in [0.15, 0.2) is 6.07 Å². The topological polar surface area (TPSA) is 12.9 Å². The Labute approximate surface area is 106 Å². The molecule has 0 aliphatic rings. The molecular formula is C8H4ClF5IN. The molecule has 0 aliphatic heterocycles. The van der Waals surface area contributed by atoms with Crippen LogP contribution in [0.3, 0.4) is 0 Å². The molecule has 1 aromatic heterocycles. The van der Waals surface area contributed by atoms with Crippen molar-refractivity contribution in [1.29, 1.82) is 0 Å². The van der Waals surface area contributed by atoms with Crippen molar-refractivity contribution in [2.75, 3.05) is 0 Å². The maximum atomic E-state index is 12.5. The van der Waals surface area contributed by atoms with Gasteiger partial charge in [-0.25, -0.2) is 13.8 Å². The van der Waals surface area contributed by atoms with Crippen LogP contribution >= 0.6 is 34.2 Å². The summed E-state index contributed by atoms with van der Waals surface area (Å²) >= 11 is 6.65. The second-order valence-electron chi connectivity index (χ2n) is 2.78. The Morgan fingerprint density at radius 2 is 1.94 bits per heavy atom. The molecule has 0 radical (unpaired) electrons. The van der Waals surface area contributed by atoms with Crippen molar-refractivity contribution in [1.82, 2.24) is 4.98 Å². The lowest BCUT2D eigenvalue weighted by atomic mass is 10.2. The number of hydrogen-bond acceptors (Lipinski definition) is 1. The third-order valence-corrected chi connectivity index (χ3v) is 2.84. The standard InChI is InChI=1S/C8H4ClF5IN/c9-2-5-3(8(12,13)14)1-4(15)6(16-5)7(10)11/h1,7H,2H2. The number of nitrogens with zero attached hydrogens (tertiary/aromatic N) is 1. The monoisotopic (exact) mass is 371 g/mol. The fourth-order valence-electron chi connectivity index (χ4n) is 1.04. The van der Waals surface area contributed by atoms with Gasteiger partial charge in [0.2, 0.25) is 0 Å². The normalized spacial score (nSPS) is 12.2. The van der Waals surface area contributed by atoms with Gasteiger partial charge in [-0.05, 0) is 28.7 Å². The molecule has 0 N–H and O–H groups in total. The van der Waals surface area contributed by atoms with Crippen LogP contribution in [0.25, 0.3) is 0 Å². The van der Waals surface area contributed by atoms with Crippen molar-refractivity contribution in [3.8, 4) is 0 Å². The van der Waals surface area contributed by atoms with Crippen LogP contribution in [0.2, 0.25) is 0 Å². The Hall–Kier alpha value is -0.180. The summed E-state index contributed by atoms with van der Waals surface area (Å²) < 4.78 is 61.9. The van der Waals surface area contributed by atoms with Crippen molar-refractivity contribution in [3.05, 3.63) is 26.6 Å². The second-order valence-corrected chi connectivity index (χ2v) is 4.21. The predicted octanol–water partition coefficient (Wildman–Crippen LogP) is 4.38. The fourth-order valence-corrected chi connectivity index (χ4v) is 1.91. The van der Waals surface area contributed by atoms with E-state index in [1.807, 2.05) is 0 Å². The van der Waals surface area contributed by atoms with E-state index in [2.05, 4.69) is 4.98 Å². The van der Waals surface area contributed by atoms with E-state index in [-0.39, 0.29) is 3.57 Å². The first-order valence-electron chi connectivity index (χ1n) is 3.88. The average molecular weight is 371 g/mol. The van der Waals surface area contributed by atoms with E-state index in [0.717, 1.165) is 0 Å². The Kier molecular flexibility index (Phi) is 4.33. The second kappa shape index (κ2) is 4.99. The Morgan fingerprint density at radius 3 is 2.31 bits per heavy atom. The van der Waals surface area contributed by atoms with Crippen molar-refractivity contribution in [3.63, 3.8) is 0 Å². The van der Waals surface area contributed by atoms with Crippen molar-refractivity contribution in [2.45, 2.75) is 18.5 Å². The Morgan fingerprint density at radius 1 is 1.38 bits per heavy atom. The summed E-state index contributed by atoms with van der Waals surface area (Å²) in [5.41, 5.74) is -2.33. The molecule has 0 spiro atoms. The summed E-state index contributed by atoms with van der Waals surface area (Å²) in [4.78, 5) is 3.25. The smallest absolute Gasteiger partial charge is 0.249 e. The van der Waals surface area contributed by atoms with Crippen LogP contribution in [-0.4, -0.2) is 4.98 Å². The van der Waals surface area contributed by atoms with E-state index >= 15 is 0 Å². The first kappa shape index (κ1) is 13.9. The molecule has 0 aromatic carbocycles. The molecule has 0 saturated carbocycles. The molecule has 0 bridgehead atoms. The molecule has 1 rings (SSSR count). The summed E-state index contributed by atoms with van der Waals surface area (Å²) in [6.07, 6.45) is -7.56. The molecule has 0 atom stereocenters. The number of halogens is 7. The average Bonchev–Trinajstić information content (AvgIpc) is 2.15. The SMILES string of the molecule is FC(F)c1nc(CCl)c(C(F)(F)F)cc1I. The van der Waals surface area contributed by atoms with Gasteiger partial charge < -0.3 is 0 Å². The van der Waals surface area contributed by atoms with E-state index in [9.17, 15) is 22.0 Å². The lowest BCUT2D eigenvalue weighted by molar-refractivity contribution is -0.138. The summed E-state index contributed by atoms with van der Waals surface area (Å²) in [5.74, 6) is -0.564. The molecule has 1 nitrogen and oxygen atoms in total. The zero-order chi connectivity index (χ0) is 12.5. The van der Waals surface area contributed by atoms with E-state index in [1.54, 1.807) is 0 Å². The highest BCUT2D eigenvalue weighted by atomic mass is 127. The third-order valence-electron chi connectivity index (χ3n) is 1.72. The molecule has 0 amide bonds. The molecule has 1 heterocycles. The van der Waals surface area contributed by atoms with Crippen LogP contribution < -0.4 is 0 Å². The summed E-state index contributed by atoms with van der Waals surface area (Å²) in [5, 5.41) is 0. The molecule has 16 heavy (non-hydrogen) atoms. The number of alkyl halides is 6. The highest BCUT2D eigenvalue weighted by molar-refractivity contribution is 14.1. The van der Waals surface area contributed by atoms with Gasteiger partial charge in [-0.15, -0.1) is 11.6 Å². The van der Waals surface area contributed by atoms with E-state index in [1.165, 1.54) is 22.6 Å². The summed E-state index contributed by atoms with van der Waals surface area (Å²) in [6, 6.07) is 0.632. The number of hydrogen-bond donors (Lipinski definition) is 0. The first-order chi connectivity index (χ1) is 7.27. The third kappa shape index (κ3) is 2.93. The highest BCUT2D eigenvalue weighted by Crippen LogP contribution is 2.35. The van der Waals surface area contributed by atoms with E-state index < -0.39 is 35.4 Å². The lowest BCUT2D eigenvalue weighted by Gasteiger charge is -2.13. The minimum Gasteiger partial charge on any atom is -0.249 e. The minimum atomic E-state index is -4.64. The highest BCUT2D eigenvalue weighted by Gasteiger charge is 2.35. The maximum absolute atomic E-state index is 12.5. The number of pyridine rings is 1. The van der Waals surface area contributed by atoms with Gasteiger partial charge >= 0.3 is 6.18 Å². The van der Waals surface area contributed by atoms with Gasteiger partial charge in [0.05, 0.1) is 17.1 Å². The van der Waals surface area contributed by atoms with Gasteiger partial charge in [-0.1, -0.05) is 0 Å². The van der Waals surface area contributed by atoms with Gasteiger partial charge in [0.15, 0.2) is 0 Å². The van der Waals surface area contributed by atoms with Crippen LogP contribution in [0.4, 0.5) is 22.0 Å². The minimum absolute atomic E-state index is 0.228. The van der Waals surface area contributed by atoms with Gasteiger partial charge in [0, 0.05) is 3.57 Å². The maximum Gasteiger partial charge on any atom is 0.418 e.